The van der Waals surface area contributed by atoms with E-state index in [1.165, 1.54) is 22.3 Å². The Morgan fingerprint density at radius 1 is 0.800 bits per heavy atom. The minimum atomic E-state index is -0.569. The molecule has 190 valence electrons. The van der Waals surface area contributed by atoms with Crippen LogP contribution < -0.4 is 19.8 Å². The van der Waals surface area contributed by atoms with Crippen LogP contribution in [0.1, 0.15) is 67.2 Å². The van der Waals surface area contributed by atoms with Crippen molar-refractivity contribution in [2.24, 2.45) is 0 Å². The molecule has 35 heavy (non-hydrogen) atoms. The third-order valence-corrected chi connectivity index (χ3v) is 5.53. The Hall–Kier alpha value is -3.21. The van der Waals surface area contributed by atoms with E-state index in [1.807, 2.05) is 24.3 Å². The van der Waals surface area contributed by atoms with Gasteiger partial charge < -0.3 is 18.6 Å². The maximum Gasteiger partial charge on any atom is 0.383 e. The second-order valence-electron chi connectivity index (χ2n) is 9.27. The normalized spacial score (nSPS) is 11.9. The van der Waals surface area contributed by atoms with Gasteiger partial charge >= 0.3 is 5.63 Å². The van der Waals surface area contributed by atoms with Crippen LogP contribution in [0.15, 0.2) is 74.0 Å². The molecule has 5 heteroatoms. The Morgan fingerprint density at radius 2 is 1.34 bits per heavy atom. The number of hydrogen-bond acceptors (Lipinski definition) is 5. The van der Waals surface area contributed by atoms with E-state index in [0.717, 1.165) is 25.7 Å². The van der Waals surface area contributed by atoms with E-state index in [-0.39, 0.29) is 12.4 Å². The number of methoxy groups -OCH3 is 1. The molecule has 5 nitrogen and oxygen atoms in total. The fraction of sp³-hybridized carbons (Fsp3) is 0.433. The zero-order valence-electron chi connectivity index (χ0n) is 22.3. The summed E-state index contributed by atoms with van der Waals surface area (Å²) >= 11 is 0. The summed E-state index contributed by atoms with van der Waals surface area (Å²) in [6.45, 7) is 13.1. The smallest absolute Gasteiger partial charge is 0.383 e. The average molecular weight is 481 g/mol. The van der Waals surface area contributed by atoms with Crippen molar-refractivity contribution >= 4 is 11.0 Å². The van der Waals surface area contributed by atoms with E-state index >= 15 is 0 Å². The molecule has 0 aliphatic heterocycles. The monoisotopic (exact) mass is 480 g/mol. The number of rotatable bonds is 13. The minimum absolute atomic E-state index is 0.0895. The van der Waals surface area contributed by atoms with Crippen LogP contribution in [0.4, 0.5) is 0 Å². The summed E-state index contributed by atoms with van der Waals surface area (Å²) in [4.78, 5) is 12.8. The Morgan fingerprint density at radius 3 is 1.86 bits per heavy atom. The van der Waals surface area contributed by atoms with Gasteiger partial charge in [-0.1, -0.05) is 34.4 Å². The first-order valence-electron chi connectivity index (χ1n) is 12.2. The molecule has 0 N–H and O–H groups in total. The Balaban J connectivity index is 2.25. The molecule has 0 saturated carbocycles. The van der Waals surface area contributed by atoms with Gasteiger partial charge in [-0.3, -0.25) is 0 Å². The first-order valence-corrected chi connectivity index (χ1v) is 12.2. The van der Waals surface area contributed by atoms with Crippen LogP contribution in [0.2, 0.25) is 0 Å². The van der Waals surface area contributed by atoms with Gasteiger partial charge in [-0.05, 0) is 91.5 Å². The van der Waals surface area contributed by atoms with Crippen molar-refractivity contribution in [3.63, 3.8) is 0 Å². The molecule has 0 atom stereocenters. The molecular formula is C30H40O5. The topological polar surface area (TPSA) is 57.9 Å². The van der Waals surface area contributed by atoms with Crippen molar-refractivity contribution in [3.8, 4) is 17.2 Å². The molecular weight excluding hydrogens is 440 g/mol. The number of fused-ring (bicyclic) bond motifs is 1. The second kappa shape index (κ2) is 14.2. The van der Waals surface area contributed by atoms with E-state index in [4.69, 9.17) is 18.6 Å². The third-order valence-electron chi connectivity index (χ3n) is 5.53. The highest BCUT2D eigenvalue weighted by molar-refractivity contribution is 5.86. The number of benzene rings is 1. The predicted octanol–water partition coefficient (Wildman–Crippen LogP) is 7.94. The van der Waals surface area contributed by atoms with Crippen LogP contribution in [-0.2, 0) is 0 Å². The molecule has 0 saturated heterocycles. The molecule has 2 aromatic rings. The van der Waals surface area contributed by atoms with Crippen molar-refractivity contribution in [1.82, 2.24) is 0 Å². The number of ether oxygens (including phenoxy) is 3. The molecule has 1 aromatic carbocycles. The van der Waals surface area contributed by atoms with Gasteiger partial charge in [0.2, 0.25) is 5.75 Å². The highest BCUT2D eigenvalue weighted by Gasteiger charge is 2.18. The van der Waals surface area contributed by atoms with E-state index in [2.05, 4.69) is 53.7 Å². The van der Waals surface area contributed by atoms with Crippen LogP contribution in [0.25, 0.3) is 11.0 Å². The summed E-state index contributed by atoms with van der Waals surface area (Å²) < 4.78 is 22.8. The van der Waals surface area contributed by atoms with Gasteiger partial charge in [0, 0.05) is 6.07 Å². The molecule has 0 spiro atoms. The van der Waals surface area contributed by atoms with Crippen molar-refractivity contribution in [1.29, 1.82) is 0 Å². The van der Waals surface area contributed by atoms with E-state index in [1.54, 1.807) is 13.2 Å². The summed E-state index contributed by atoms with van der Waals surface area (Å²) in [7, 11) is 1.57. The first kappa shape index (κ1) is 28.0. The molecule has 2 rings (SSSR count). The molecule has 0 aliphatic carbocycles. The second-order valence-corrected chi connectivity index (χ2v) is 9.27. The summed E-state index contributed by atoms with van der Waals surface area (Å²) in [5, 5.41) is 0.667. The van der Waals surface area contributed by atoms with Crippen molar-refractivity contribution in [2.45, 2.75) is 67.2 Å². The molecule has 1 aromatic heterocycles. The van der Waals surface area contributed by atoms with Crippen molar-refractivity contribution < 1.29 is 18.6 Å². The van der Waals surface area contributed by atoms with Gasteiger partial charge in [0.15, 0.2) is 5.75 Å². The lowest BCUT2D eigenvalue weighted by Gasteiger charge is -2.13. The van der Waals surface area contributed by atoms with Gasteiger partial charge in [0.1, 0.15) is 24.5 Å². The van der Waals surface area contributed by atoms with Gasteiger partial charge in [-0.25, -0.2) is 4.79 Å². The van der Waals surface area contributed by atoms with Crippen LogP contribution >= 0.6 is 0 Å². The SMILES string of the molecule is COc1ccc2c(OC/C=C(\C)CCC=C(C)C)c(OC/C=C(\C)CCC=C(C)C)c(=O)oc2c1. The maximum atomic E-state index is 12.8. The standard InChI is InChI=1S/C30H40O5/c1-21(2)10-8-12-23(5)16-18-33-28-26-15-14-25(32-7)20-27(26)35-30(31)29(28)34-19-17-24(6)13-9-11-22(3)4/h10-11,14-17,20H,8-9,12-13,18-19H2,1-7H3/b23-16+,24-17+. The third kappa shape index (κ3) is 9.51. The predicted molar refractivity (Wildman–Crippen MR) is 145 cm³/mol. The largest absolute Gasteiger partial charge is 0.497 e. The molecule has 0 radical (unpaired) electrons. The van der Waals surface area contributed by atoms with Gasteiger partial charge in [0.25, 0.3) is 0 Å². The summed E-state index contributed by atoms with van der Waals surface area (Å²) in [6.07, 6.45) is 12.4. The highest BCUT2D eigenvalue weighted by atomic mass is 16.5. The first-order chi connectivity index (χ1) is 16.7. The van der Waals surface area contributed by atoms with Gasteiger partial charge in [-0.2, -0.15) is 0 Å². The maximum absolute atomic E-state index is 12.8. The summed E-state index contributed by atoms with van der Waals surface area (Å²) in [6, 6.07) is 5.32. The molecule has 0 aliphatic rings. The minimum Gasteiger partial charge on any atom is -0.497 e. The molecule has 0 unspecified atom stereocenters. The average Bonchev–Trinajstić information content (AvgIpc) is 2.79. The molecule has 0 amide bonds. The van der Waals surface area contributed by atoms with Crippen molar-refractivity contribution in [2.75, 3.05) is 20.3 Å². The highest BCUT2D eigenvalue weighted by Crippen LogP contribution is 2.34. The van der Waals surface area contributed by atoms with Crippen molar-refractivity contribution in [3.05, 3.63) is 75.2 Å². The molecule has 0 bridgehead atoms. The Bertz CT molecular complexity index is 1150. The van der Waals surface area contributed by atoms with E-state index < -0.39 is 5.63 Å². The zero-order chi connectivity index (χ0) is 25.8. The Labute approximate surface area is 209 Å². The van der Waals surface area contributed by atoms with Gasteiger partial charge in [0.05, 0.1) is 12.5 Å². The fourth-order valence-electron chi connectivity index (χ4n) is 3.45. The van der Waals surface area contributed by atoms with Crippen LogP contribution in [0.3, 0.4) is 0 Å². The quantitative estimate of drug-likeness (QED) is 0.215. The number of allylic oxidation sites excluding steroid dienone is 6. The van der Waals surface area contributed by atoms with E-state index in [9.17, 15) is 4.79 Å². The Kier molecular flexibility index (Phi) is 11.4. The molecule has 0 fully saturated rings. The van der Waals surface area contributed by atoms with Crippen LogP contribution in [0.5, 0.6) is 17.2 Å². The zero-order valence-corrected chi connectivity index (χ0v) is 22.3. The summed E-state index contributed by atoms with van der Waals surface area (Å²) in [5.74, 6) is 1.08. The fourth-order valence-corrected chi connectivity index (χ4v) is 3.45. The lowest BCUT2D eigenvalue weighted by atomic mass is 10.1. The van der Waals surface area contributed by atoms with Gasteiger partial charge in [-0.15, -0.1) is 0 Å². The lowest BCUT2D eigenvalue weighted by molar-refractivity contribution is 0.295. The molecule has 1 heterocycles. The van der Waals surface area contributed by atoms with E-state index in [0.29, 0.717) is 29.1 Å². The van der Waals surface area contributed by atoms with Crippen LogP contribution in [0, 0.1) is 0 Å². The lowest BCUT2D eigenvalue weighted by Crippen LogP contribution is -2.11. The number of hydrogen-bond donors (Lipinski definition) is 0. The summed E-state index contributed by atoms with van der Waals surface area (Å²) in [5.41, 5.74) is 4.89. The van der Waals surface area contributed by atoms with Crippen LogP contribution in [-0.4, -0.2) is 20.3 Å².